The molecule has 2 heteroatoms. The van der Waals surface area contributed by atoms with Crippen LogP contribution in [0.1, 0.15) is 29.2 Å². The first-order valence-corrected chi connectivity index (χ1v) is 4.78. The van der Waals surface area contributed by atoms with Gasteiger partial charge < -0.3 is 5.32 Å². The van der Waals surface area contributed by atoms with Gasteiger partial charge in [-0.1, -0.05) is 0 Å². The third-order valence-corrected chi connectivity index (χ3v) is 2.79. The fraction of sp³-hybridized carbons (Fsp3) is 0.417. The molecule has 1 aromatic carbocycles. The van der Waals surface area contributed by atoms with Crippen LogP contribution in [0.4, 0.5) is 5.69 Å². The topological polar surface area (TPSA) is 29.1 Å². The predicted molar refractivity (Wildman–Crippen MR) is 59.7 cm³/mol. The first-order chi connectivity index (χ1) is 6.43. The summed E-state index contributed by atoms with van der Waals surface area (Å²) in [6.45, 7) is 9.82. The summed E-state index contributed by atoms with van der Waals surface area (Å²) in [5.74, 6) is -0.0178. The molecule has 0 aliphatic rings. The van der Waals surface area contributed by atoms with Crippen molar-refractivity contribution in [2.24, 2.45) is 0 Å². The van der Waals surface area contributed by atoms with E-state index in [4.69, 9.17) is 0 Å². The van der Waals surface area contributed by atoms with Gasteiger partial charge >= 0.3 is 0 Å². The Morgan fingerprint density at radius 3 is 2.14 bits per heavy atom. The predicted octanol–water partition coefficient (Wildman–Crippen LogP) is 2.88. The molecule has 0 spiro atoms. The molecule has 1 amide bonds. The van der Waals surface area contributed by atoms with Crippen LogP contribution in [0.15, 0.2) is 6.07 Å². The van der Waals surface area contributed by atoms with E-state index in [1.165, 1.54) is 23.6 Å². The Morgan fingerprint density at radius 2 is 1.64 bits per heavy atom. The molecule has 0 heterocycles. The zero-order chi connectivity index (χ0) is 10.9. The van der Waals surface area contributed by atoms with Gasteiger partial charge in [-0.3, -0.25) is 4.79 Å². The monoisotopic (exact) mass is 191 g/mol. The Bertz CT molecular complexity index is 380. The van der Waals surface area contributed by atoms with Crippen molar-refractivity contribution in [2.45, 2.75) is 34.6 Å². The number of nitrogens with one attached hydrogen (secondary N) is 1. The molecule has 76 valence electrons. The van der Waals surface area contributed by atoms with Crippen LogP contribution in [-0.4, -0.2) is 5.91 Å². The minimum absolute atomic E-state index is 0.0178. The van der Waals surface area contributed by atoms with Gasteiger partial charge in [-0.05, 0) is 56.0 Å². The van der Waals surface area contributed by atoms with Crippen LogP contribution in [0.5, 0.6) is 0 Å². The van der Waals surface area contributed by atoms with E-state index in [1.54, 1.807) is 0 Å². The molecule has 0 atom stereocenters. The third kappa shape index (κ3) is 1.95. The van der Waals surface area contributed by atoms with E-state index in [9.17, 15) is 4.79 Å². The lowest BCUT2D eigenvalue weighted by atomic mass is 9.98. The zero-order valence-electron chi connectivity index (χ0n) is 9.49. The SMILES string of the molecule is CC(=O)Nc1cc(C)c(C)c(C)c1C. The molecule has 1 aromatic rings. The van der Waals surface area contributed by atoms with E-state index in [1.807, 2.05) is 13.0 Å². The second-order valence-electron chi connectivity index (χ2n) is 3.80. The molecule has 0 radical (unpaired) electrons. The lowest BCUT2D eigenvalue weighted by Crippen LogP contribution is -2.08. The molecular formula is C12H17NO. The Balaban J connectivity index is 3.25. The first-order valence-electron chi connectivity index (χ1n) is 4.78. The minimum Gasteiger partial charge on any atom is -0.326 e. The van der Waals surface area contributed by atoms with Gasteiger partial charge in [-0.25, -0.2) is 0 Å². The quantitative estimate of drug-likeness (QED) is 0.726. The summed E-state index contributed by atoms with van der Waals surface area (Å²) in [5.41, 5.74) is 5.86. The van der Waals surface area contributed by atoms with Gasteiger partial charge in [0.1, 0.15) is 0 Å². The maximum Gasteiger partial charge on any atom is 0.221 e. The van der Waals surface area contributed by atoms with Crippen molar-refractivity contribution in [3.05, 3.63) is 28.3 Å². The maximum atomic E-state index is 11.0. The molecule has 1 N–H and O–H groups in total. The standard InChI is InChI=1S/C12H17NO/c1-7-6-12(13-11(5)14)10(4)9(3)8(7)2/h6H,1-5H3,(H,13,14). The molecule has 0 aliphatic heterocycles. The van der Waals surface area contributed by atoms with Gasteiger partial charge in [0, 0.05) is 12.6 Å². The summed E-state index contributed by atoms with van der Waals surface area (Å²) in [5, 5.41) is 2.84. The van der Waals surface area contributed by atoms with Crippen LogP contribution >= 0.6 is 0 Å². The van der Waals surface area contributed by atoms with E-state index < -0.39 is 0 Å². The number of aryl methyl sites for hydroxylation is 1. The van der Waals surface area contributed by atoms with Gasteiger partial charge in [-0.15, -0.1) is 0 Å². The largest absolute Gasteiger partial charge is 0.326 e. The van der Waals surface area contributed by atoms with E-state index in [-0.39, 0.29) is 5.91 Å². The molecule has 0 saturated carbocycles. The highest BCUT2D eigenvalue weighted by molar-refractivity contribution is 5.90. The molecule has 1 rings (SSSR count). The zero-order valence-corrected chi connectivity index (χ0v) is 9.49. The molecule has 0 aromatic heterocycles. The molecule has 0 unspecified atom stereocenters. The normalized spacial score (nSPS) is 10.1. The lowest BCUT2D eigenvalue weighted by Gasteiger charge is -2.14. The van der Waals surface area contributed by atoms with E-state index in [0.717, 1.165) is 11.3 Å². The number of carbonyl (C=O) groups is 1. The molecule has 0 fully saturated rings. The van der Waals surface area contributed by atoms with Crippen molar-refractivity contribution in [1.82, 2.24) is 0 Å². The van der Waals surface area contributed by atoms with Crippen molar-refractivity contribution < 1.29 is 4.79 Å². The number of hydrogen-bond acceptors (Lipinski definition) is 1. The number of amides is 1. The second kappa shape index (κ2) is 3.82. The van der Waals surface area contributed by atoms with Crippen LogP contribution in [0.25, 0.3) is 0 Å². The van der Waals surface area contributed by atoms with Crippen molar-refractivity contribution in [3.8, 4) is 0 Å². The summed E-state index contributed by atoms with van der Waals surface area (Å²) in [6, 6.07) is 2.03. The molecule has 2 nitrogen and oxygen atoms in total. The number of hydrogen-bond donors (Lipinski definition) is 1. The third-order valence-electron chi connectivity index (χ3n) is 2.79. The highest BCUT2D eigenvalue weighted by Crippen LogP contribution is 2.24. The van der Waals surface area contributed by atoms with Crippen LogP contribution in [0, 0.1) is 27.7 Å². The van der Waals surface area contributed by atoms with Gasteiger partial charge in [-0.2, -0.15) is 0 Å². The van der Waals surface area contributed by atoms with Gasteiger partial charge in [0.05, 0.1) is 0 Å². The Hall–Kier alpha value is -1.31. The van der Waals surface area contributed by atoms with Gasteiger partial charge in [0.2, 0.25) is 5.91 Å². The molecule has 0 aliphatic carbocycles. The molecule has 0 bridgehead atoms. The Labute approximate surface area is 85.3 Å². The van der Waals surface area contributed by atoms with Gasteiger partial charge in [0.15, 0.2) is 0 Å². The number of carbonyl (C=O) groups excluding carboxylic acids is 1. The number of rotatable bonds is 1. The second-order valence-corrected chi connectivity index (χ2v) is 3.80. The summed E-state index contributed by atoms with van der Waals surface area (Å²) in [6.07, 6.45) is 0. The summed E-state index contributed by atoms with van der Waals surface area (Å²) >= 11 is 0. The van der Waals surface area contributed by atoms with Crippen LogP contribution in [0.3, 0.4) is 0 Å². The van der Waals surface area contributed by atoms with Crippen molar-refractivity contribution in [1.29, 1.82) is 0 Å². The van der Waals surface area contributed by atoms with Crippen LogP contribution in [-0.2, 0) is 4.79 Å². The average molecular weight is 191 g/mol. The van der Waals surface area contributed by atoms with Gasteiger partial charge in [0.25, 0.3) is 0 Å². The summed E-state index contributed by atoms with van der Waals surface area (Å²) in [4.78, 5) is 11.0. The Kier molecular flexibility index (Phi) is 2.94. The van der Waals surface area contributed by atoms with Crippen LogP contribution < -0.4 is 5.32 Å². The van der Waals surface area contributed by atoms with E-state index >= 15 is 0 Å². The first kappa shape index (κ1) is 10.8. The smallest absolute Gasteiger partial charge is 0.221 e. The van der Waals surface area contributed by atoms with E-state index in [0.29, 0.717) is 0 Å². The minimum atomic E-state index is -0.0178. The fourth-order valence-corrected chi connectivity index (χ4v) is 1.53. The van der Waals surface area contributed by atoms with Crippen LogP contribution in [0.2, 0.25) is 0 Å². The average Bonchev–Trinajstić information content (AvgIpc) is 2.10. The molecular weight excluding hydrogens is 174 g/mol. The highest BCUT2D eigenvalue weighted by Gasteiger charge is 2.07. The lowest BCUT2D eigenvalue weighted by molar-refractivity contribution is -0.114. The molecule has 14 heavy (non-hydrogen) atoms. The maximum absolute atomic E-state index is 11.0. The summed E-state index contributed by atoms with van der Waals surface area (Å²) < 4.78 is 0. The summed E-state index contributed by atoms with van der Waals surface area (Å²) in [7, 11) is 0. The van der Waals surface area contributed by atoms with Crippen molar-refractivity contribution in [2.75, 3.05) is 5.32 Å². The number of anilines is 1. The fourth-order valence-electron chi connectivity index (χ4n) is 1.53. The Morgan fingerprint density at radius 1 is 1.07 bits per heavy atom. The highest BCUT2D eigenvalue weighted by atomic mass is 16.1. The number of benzene rings is 1. The van der Waals surface area contributed by atoms with Crippen molar-refractivity contribution >= 4 is 11.6 Å². The molecule has 0 saturated heterocycles. The van der Waals surface area contributed by atoms with Crippen molar-refractivity contribution in [3.63, 3.8) is 0 Å². The van der Waals surface area contributed by atoms with E-state index in [2.05, 4.69) is 26.1 Å².